The van der Waals surface area contributed by atoms with Crippen LogP contribution in [0, 0.1) is 5.41 Å². The second kappa shape index (κ2) is 3.82. The lowest BCUT2D eigenvalue weighted by Gasteiger charge is -2.38. The van der Waals surface area contributed by atoms with Crippen molar-refractivity contribution in [1.82, 2.24) is 9.59 Å². The summed E-state index contributed by atoms with van der Waals surface area (Å²) < 4.78 is 3.66. The third-order valence-electron chi connectivity index (χ3n) is 2.71. The van der Waals surface area contributed by atoms with Crippen molar-refractivity contribution >= 4 is 39.6 Å². The Hall–Kier alpha value is -1.08. The van der Waals surface area contributed by atoms with Crippen molar-refractivity contribution in [3.05, 3.63) is 6.20 Å². The normalized spacial score (nSPS) is 17.9. The van der Waals surface area contributed by atoms with Gasteiger partial charge in [0.2, 0.25) is 5.91 Å². The van der Waals surface area contributed by atoms with E-state index in [1.165, 1.54) is 6.20 Å². The highest BCUT2D eigenvalue weighted by Crippen LogP contribution is 2.42. The van der Waals surface area contributed by atoms with Gasteiger partial charge in [-0.15, -0.1) is 5.10 Å². The fourth-order valence-electron chi connectivity index (χ4n) is 1.57. The third-order valence-corrected chi connectivity index (χ3v) is 3.68. The molecule has 3 N–H and O–H groups in total. The van der Waals surface area contributed by atoms with Crippen molar-refractivity contribution in [1.29, 1.82) is 0 Å². The molecule has 2 rings (SSSR count). The standard InChI is InChI=1S/C8H10N4OS2/c9-6(14)8(2-1-3-8)7(13)11-5-4-10-12-15-5/h4H,1-3H2,(H2,9,14)(H,11,13). The number of rotatable bonds is 3. The van der Waals surface area contributed by atoms with Crippen LogP contribution < -0.4 is 11.1 Å². The molecule has 0 aliphatic heterocycles. The van der Waals surface area contributed by atoms with Gasteiger partial charge in [-0.25, -0.2) is 0 Å². The molecule has 0 radical (unpaired) electrons. The van der Waals surface area contributed by atoms with Gasteiger partial charge >= 0.3 is 0 Å². The fraction of sp³-hybridized carbons (Fsp3) is 0.500. The Morgan fingerprint density at radius 1 is 1.67 bits per heavy atom. The van der Waals surface area contributed by atoms with Crippen LogP contribution in [0.3, 0.4) is 0 Å². The van der Waals surface area contributed by atoms with E-state index < -0.39 is 5.41 Å². The van der Waals surface area contributed by atoms with Gasteiger partial charge in [-0.2, -0.15) is 0 Å². The van der Waals surface area contributed by atoms with Gasteiger partial charge in [0, 0.05) is 11.5 Å². The number of hydrogen-bond donors (Lipinski definition) is 2. The van der Waals surface area contributed by atoms with Gasteiger partial charge in [0.05, 0.1) is 16.6 Å². The quantitative estimate of drug-likeness (QED) is 0.771. The topological polar surface area (TPSA) is 80.9 Å². The summed E-state index contributed by atoms with van der Waals surface area (Å²) in [6, 6.07) is 0. The minimum atomic E-state index is -0.640. The molecule has 0 atom stereocenters. The van der Waals surface area contributed by atoms with Crippen molar-refractivity contribution < 1.29 is 4.79 Å². The molecule has 0 saturated heterocycles. The van der Waals surface area contributed by atoms with Crippen LogP contribution in [0.5, 0.6) is 0 Å². The average Bonchev–Trinajstić information content (AvgIpc) is 2.53. The highest BCUT2D eigenvalue weighted by atomic mass is 32.1. The van der Waals surface area contributed by atoms with Crippen LogP contribution in [-0.2, 0) is 4.79 Å². The van der Waals surface area contributed by atoms with Crippen molar-refractivity contribution in [2.45, 2.75) is 19.3 Å². The first-order valence-electron chi connectivity index (χ1n) is 4.54. The monoisotopic (exact) mass is 242 g/mol. The maximum absolute atomic E-state index is 11.9. The summed E-state index contributed by atoms with van der Waals surface area (Å²) in [5, 5.41) is 7.00. The molecule has 15 heavy (non-hydrogen) atoms. The maximum atomic E-state index is 11.9. The van der Waals surface area contributed by atoms with E-state index in [1.807, 2.05) is 0 Å². The predicted molar refractivity (Wildman–Crippen MR) is 61.6 cm³/mol. The molecule has 0 aromatic carbocycles. The molecule has 1 aromatic heterocycles. The minimum absolute atomic E-state index is 0.132. The highest BCUT2D eigenvalue weighted by molar-refractivity contribution is 7.80. The second-order valence-electron chi connectivity index (χ2n) is 3.54. The molecular formula is C8H10N4OS2. The molecule has 1 fully saturated rings. The number of hydrogen-bond acceptors (Lipinski definition) is 5. The molecule has 7 heteroatoms. The smallest absolute Gasteiger partial charge is 0.238 e. The van der Waals surface area contributed by atoms with Crippen LogP contribution in [0.2, 0.25) is 0 Å². The van der Waals surface area contributed by atoms with E-state index in [0.717, 1.165) is 30.8 Å². The summed E-state index contributed by atoms with van der Waals surface area (Å²) in [5.41, 5.74) is 4.97. The van der Waals surface area contributed by atoms with Gasteiger partial charge in [0.15, 0.2) is 0 Å². The average molecular weight is 242 g/mol. The lowest BCUT2D eigenvalue weighted by Crippen LogP contribution is -2.50. The predicted octanol–water partition coefficient (Wildman–Crippen LogP) is 0.933. The van der Waals surface area contributed by atoms with Crippen LogP contribution in [0.15, 0.2) is 6.20 Å². The lowest BCUT2D eigenvalue weighted by atomic mass is 9.68. The summed E-state index contributed by atoms with van der Waals surface area (Å²) in [6.45, 7) is 0. The van der Waals surface area contributed by atoms with E-state index in [1.54, 1.807) is 0 Å². The van der Waals surface area contributed by atoms with Crippen molar-refractivity contribution in [2.24, 2.45) is 11.1 Å². The van der Waals surface area contributed by atoms with Crippen molar-refractivity contribution in [3.63, 3.8) is 0 Å². The number of anilines is 1. The van der Waals surface area contributed by atoms with Crippen LogP contribution in [0.4, 0.5) is 5.00 Å². The number of carbonyl (C=O) groups is 1. The molecule has 80 valence electrons. The zero-order valence-corrected chi connectivity index (χ0v) is 9.53. The van der Waals surface area contributed by atoms with Gasteiger partial charge in [0.25, 0.3) is 0 Å². The zero-order chi connectivity index (χ0) is 10.9. The number of nitrogens with two attached hydrogens (primary N) is 1. The first-order chi connectivity index (χ1) is 7.15. The Labute approximate surface area is 96.2 Å². The van der Waals surface area contributed by atoms with Crippen LogP contribution in [-0.4, -0.2) is 20.5 Å². The molecule has 5 nitrogen and oxygen atoms in total. The summed E-state index contributed by atoms with van der Waals surface area (Å²) >= 11 is 6.08. The first kappa shape index (κ1) is 10.4. The molecule has 1 aliphatic carbocycles. The number of amides is 1. The molecule has 1 saturated carbocycles. The molecule has 1 aliphatic rings. The number of nitrogens with zero attached hydrogens (tertiary/aromatic N) is 2. The summed E-state index contributed by atoms with van der Waals surface area (Å²) in [5.74, 6) is -0.132. The van der Waals surface area contributed by atoms with Gasteiger partial charge < -0.3 is 11.1 Å². The molecule has 0 spiro atoms. The first-order valence-corrected chi connectivity index (χ1v) is 5.72. The summed E-state index contributed by atoms with van der Waals surface area (Å²) in [7, 11) is 0. The lowest BCUT2D eigenvalue weighted by molar-refractivity contribution is -0.125. The van der Waals surface area contributed by atoms with Crippen molar-refractivity contribution in [2.75, 3.05) is 5.32 Å². The number of carbonyl (C=O) groups excluding carboxylic acids is 1. The van der Waals surface area contributed by atoms with Gasteiger partial charge in [-0.05, 0) is 12.8 Å². The van der Waals surface area contributed by atoms with E-state index in [-0.39, 0.29) is 10.9 Å². The van der Waals surface area contributed by atoms with E-state index in [2.05, 4.69) is 14.9 Å². The van der Waals surface area contributed by atoms with Crippen molar-refractivity contribution in [3.8, 4) is 0 Å². The van der Waals surface area contributed by atoms with Crippen LogP contribution in [0.1, 0.15) is 19.3 Å². The molecule has 0 bridgehead atoms. The van der Waals surface area contributed by atoms with Gasteiger partial charge in [0.1, 0.15) is 5.00 Å². The Balaban J connectivity index is 2.10. The number of thiocarbonyl (C=S) groups is 1. The molecule has 1 aromatic rings. The molecule has 0 unspecified atom stereocenters. The third kappa shape index (κ3) is 1.72. The van der Waals surface area contributed by atoms with E-state index in [0.29, 0.717) is 5.00 Å². The van der Waals surface area contributed by atoms with Gasteiger partial charge in [-0.1, -0.05) is 23.1 Å². The van der Waals surface area contributed by atoms with E-state index >= 15 is 0 Å². The van der Waals surface area contributed by atoms with E-state index in [4.69, 9.17) is 18.0 Å². The highest BCUT2D eigenvalue weighted by Gasteiger charge is 2.47. The Morgan fingerprint density at radius 2 is 2.40 bits per heavy atom. The summed E-state index contributed by atoms with van der Waals surface area (Å²) in [4.78, 5) is 12.2. The minimum Gasteiger partial charge on any atom is -0.392 e. The second-order valence-corrected chi connectivity index (χ2v) is 4.76. The molecular weight excluding hydrogens is 232 g/mol. The SMILES string of the molecule is NC(=S)C1(C(=O)Nc2cnns2)CCC1. The number of nitrogens with one attached hydrogen (secondary N) is 1. The van der Waals surface area contributed by atoms with Crippen LogP contribution >= 0.6 is 23.8 Å². The van der Waals surface area contributed by atoms with Crippen LogP contribution in [0.25, 0.3) is 0 Å². The molecule has 1 amide bonds. The Morgan fingerprint density at radius 3 is 2.80 bits per heavy atom. The Kier molecular flexibility index (Phi) is 2.66. The van der Waals surface area contributed by atoms with E-state index in [9.17, 15) is 4.79 Å². The number of aromatic nitrogens is 2. The summed E-state index contributed by atoms with van der Waals surface area (Å²) in [6.07, 6.45) is 3.97. The fourth-order valence-corrected chi connectivity index (χ4v) is 2.28. The maximum Gasteiger partial charge on any atom is 0.238 e. The largest absolute Gasteiger partial charge is 0.392 e. The zero-order valence-electron chi connectivity index (χ0n) is 7.90. The Bertz CT molecular complexity index is 385. The van der Waals surface area contributed by atoms with Gasteiger partial charge in [-0.3, -0.25) is 4.79 Å². The molecule has 1 heterocycles.